The molecular formula is C17H25N2PS. The van der Waals surface area contributed by atoms with Gasteiger partial charge in [0.05, 0.1) is 0 Å². The molecule has 114 valence electrons. The second-order valence-electron chi connectivity index (χ2n) is 6.22. The van der Waals surface area contributed by atoms with Crippen molar-refractivity contribution in [3.05, 3.63) is 29.3 Å². The minimum Gasteiger partial charge on any atom is -0.384 e. The average molecular weight is 320 g/mol. The van der Waals surface area contributed by atoms with E-state index in [-0.39, 0.29) is 0 Å². The summed E-state index contributed by atoms with van der Waals surface area (Å²) in [7, 11) is 3.47. The molecule has 0 spiro atoms. The molecule has 4 heteroatoms. The Balaban J connectivity index is 1.67. The van der Waals surface area contributed by atoms with Crippen molar-refractivity contribution < 1.29 is 0 Å². The topological polar surface area (TPSA) is 15.3 Å². The standard InChI is InChI=1S/C17H25N2PS/c1-19-8-3-4-15(19)11-14-12-18-17-6-5-13(10-16(14)17)7-9-21-20-2/h5-6,10,14-15,18H,2-4,7-9,11-12H2,1H3. The lowest BCUT2D eigenvalue weighted by Crippen LogP contribution is -2.27. The third-order valence-corrected chi connectivity index (χ3v) is 6.56. The van der Waals surface area contributed by atoms with Crippen LogP contribution in [0.25, 0.3) is 0 Å². The Hall–Kier alpha value is -0.500. The van der Waals surface area contributed by atoms with Gasteiger partial charge in [0, 0.05) is 29.9 Å². The molecule has 1 saturated heterocycles. The van der Waals surface area contributed by atoms with Gasteiger partial charge in [0.1, 0.15) is 0 Å². The molecule has 2 heterocycles. The normalized spacial score (nSPS) is 25.2. The van der Waals surface area contributed by atoms with Crippen LogP contribution in [0, 0.1) is 0 Å². The summed E-state index contributed by atoms with van der Waals surface area (Å²) in [6, 6.07) is 7.81. The maximum atomic E-state index is 3.87. The summed E-state index contributed by atoms with van der Waals surface area (Å²) in [6.45, 7) is 2.40. The largest absolute Gasteiger partial charge is 0.384 e. The molecule has 0 radical (unpaired) electrons. The first kappa shape index (κ1) is 15.4. The van der Waals surface area contributed by atoms with Gasteiger partial charge >= 0.3 is 0 Å². The van der Waals surface area contributed by atoms with Crippen LogP contribution < -0.4 is 5.32 Å². The molecule has 2 nitrogen and oxygen atoms in total. The predicted molar refractivity (Wildman–Crippen MR) is 98.1 cm³/mol. The van der Waals surface area contributed by atoms with Gasteiger partial charge < -0.3 is 10.2 Å². The zero-order valence-corrected chi connectivity index (χ0v) is 14.6. The molecule has 0 aromatic heterocycles. The van der Waals surface area contributed by atoms with E-state index in [0.717, 1.165) is 19.0 Å². The molecule has 2 aliphatic rings. The third-order valence-electron chi connectivity index (χ3n) is 4.90. The minimum atomic E-state index is 0.698. The highest BCUT2D eigenvalue weighted by atomic mass is 32.7. The van der Waals surface area contributed by atoms with Crippen LogP contribution >= 0.6 is 18.8 Å². The summed E-state index contributed by atoms with van der Waals surface area (Å²) in [5.74, 6) is 1.87. The smallest absolute Gasteiger partial charge is 0.0376 e. The van der Waals surface area contributed by atoms with E-state index in [0.29, 0.717) is 5.92 Å². The number of nitrogens with zero attached hydrogens (tertiary/aromatic N) is 1. The van der Waals surface area contributed by atoms with Gasteiger partial charge in [0.15, 0.2) is 0 Å². The maximum Gasteiger partial charge on any atom is 0.0376 e. The van der Waals surface area contributed by atoms with Gasteiger partial charge in [-0.1, -0.05) is 18.4 Å². The van der Waals surface area contributed by atoms with Crippen LogP contribution in [-0.2, 0) is 6.42 Å². The van der Waals surface area contributed by atoms with Crippen LogP contribution in [0.1, 0.15) is 36.3 Å². The molecule has 0 saturated carbocycles. The van der Waals surface area contributed by atoms with Crippen LogP contribution in [0.4, 0.5) is 5.69 Å². The van der Waals surface area contributed by atoms with Gasteiger partial charge in [0.2, 0.25) is 0 Å². The third kappa shape index (κ3) is 3.64. The minimum absolute atomic E-state index is 0.698. The Kier molecular flexibility index (Phi) is 5.26. The van der Waals surface area contributed by atoms with E-state index < -0.39 is 0 Å². The van der Waals surface area contributed by atoms with Gasteiger partial charge in [-0.2, -0.15) is 0 Å². The summed E-state index contributed by atoms with van der Waals surface area (Å²) in [5.41, 5.74) is 4.41. The number of likely N-dealkylation sites (tertiary alicyclic amines) is 1. The van der Waals surface area contributed by atoms with Crippen LogP contribution in [0.15, 0.2) is 18.2 Å². The van der Waals surface area contributed by atoms with Crippen molar-refractivity contribution in [1.82, 2.24) is 4.90 Å². The highest BCUT2D eigenvalue weighted by molar-refractivity contribution is 8.48. The van der Waals surface area contributed by atoms with Gasteiger partial charge in [0.25, 0.3) is 0 Å². The van der Waals surface area contributed by atoms with E-state index in [1.807, 2.05) is 11.4 Å². The summed E-state index contributed by atoms with van der Waals surface area (Å²) in [4.78, 5) is 2.55. The number of nitrogens with one attached hydrogen (secondary N) is 1. The SMILES string of the molecule is C=PSCCc1ccc2c(c1)C(CC1CCCN1C)CN2. The van der Waals surface area contributed by atoms with Crippen molar-refractivity contribution >= 4 is 30.8 Å². The molecule has 0 bridgehead atoms. The fraction of sp³-hybridized carbons (Fsp3) is 0.588. The molecule has 1 N–H and O–H groups in total. The van der Waals surface area contributed by atoms with Crippen molar-refractivity contribution in [2.24, 2.45) is 0 Å². The number of anilines is 1. The second-order valence-corrected chi connectivity index (χ2v) is 8.70. The van der Waals surface area contributed by atoms with E-state index >= 15 is 0 Å². The molecule has 0 amide bonds. The first-order chi connectivity index (χ1) is 10.3. The second kappa shape index (κ2) is 7.17. The number of hydrogen-bond acceptors (Lipinski definition) is 3. The molecule has 2 unspecified atom stereocenters. The monoisotopic (exact) mass is 320 g/mol. The number of hydrogen-bond donors (Lipinski definition) is 1. The van der Waals surface area contributed by atoms with Crippen LogP contribution in [-0.4, -0.2) is 43.1 Å². The van der Waals surface area contributed by atoms with E-state index in [4.69, 9.17) is 0 Å². The Morgan fingerprint density at radius 2 is 2.38 bits per heavy atom. The van der Waals surface area contributed by atoms with E-state index in [1.54, 1.807) is 5.56 Å². The molecule has 1 aromatic carbocycles. The van der Waals surface area contributed by atoms with Gasteiger partial charge in [-0.3, -0.25) is 0 Å². The number of benzene rings is 1. The lowest BCUT2D eigenvalue weighted by Gasteiger charge is -2.23. The first-order valence-electron chi connectivity index (χ1n) is 7.93. The molecular weight excluding hydrogens is 295 g/mol. The highest BCUT2D eigenvalue weighted by Gasteiger charge is 2.29. The number of fused-ring (bicyclic) bond motifs is 1. The molecule has 1 fully saturated rings. The van der Waals surface area contributed by atoms with Crippen LogP contribution in [0.2, 0.25) is 0 Å². The fourth-order valence-corrected chi connectivity index (χ4v) is 4.77. The molecule has 3 rings (SSSR count). The Bertz CT molecular complexity index is 506. The Morgan fingerprint density at radius 1 is 1.48 bits per heavy atom. The highest BCUT2D eigenvalue weighted by Crippen LogP contribution is 2.37. The summed E-state index contributed by atoms with van der Waals surface area (Å²) < 4.78 is 0. The van der Waals surface area contributed by atoms with Crippen molar-refractivity contribution in [2.45, 2.75) is 37.6 Å². The van der Waals surface area contributed by atoms with Crippen molar-refractivity contribution in [1.29, 1.82) is 0 Å². The quantitative estimate of drug-likeness (QED) is 0.623. The molecule has 0 aliphatic carbocycles. The van der Waals surface area contributed by atoms with E-state index in [2.05, 4.69) is 41.8 Å². The van der Waals surface area contributed by atoms with E-state index in [1.165, 1.54) is 50.2 Å². The molecule has 2 aliphatic heterocycles. The van der Waals surface area contributed by atoms with Gasteiger partial charge in [-0.05, 0) is 63.9 Å². The summed E-state index contributed by atoms with van der Waals surface area (Å²) in [5, 5.41) is 3.60. The number of aryl methyl sites for hydroxylation is 1. The maximum absolute atomic E-state index is 3.87. The summed E-state index contributed by atoms with van der Waals surface area (Å²) >= 11 is 1.90. The molecule has 2 atom stereocenters. The average Bonchev–Trinajstić information content (AvgIpc) is 3.07. The fourth-order valence-electron chi connectivity index (χ4n) is 3.65. The first-order valence-corrected chi connectivity index (χ1v) is 10.6. The van der Waals surface area contributed by atoms with Crippen molar-refractivity contribution in [3.63, 3.8) is 0 Å². The lowest BCUT2D eigenvalue weighted by molar-refractivity contribution is 0.285. The zero-order valence-electron chi connectivity index (χ0n) is 12.8. The molecule has 1 aromatic rings. The summed E-state index contributed by atoms with van der Waals surface area (Å²) in [6.07, 6.45) is 9.09. The van der Waals surface area contributed by atoms with Crippen molar-refractivity contribution in [2.75, 3.05) is 31.2 Å². The number of rotatable bonds is 6. The molecule has 21 heavy (non-hydrogen) atoms. The van der Waals surface area contributed by atoms with Crippen LogP contribution in [0.3, 0.4) is 0 Å². The van der Waals surface area contributed by atoms with Gasteiger partial charge in [-0.15, -0.1) is 11.4 Å². The van der Waals surface area contributed by atoms with Crippen molar-refractivity contribution in [3.8, 4) is 0 Å². The van der Waals surface area contributed by atoms with Crippen LogP contribution in [0.5, 0.6) is 0 Å². The zero-order chi connectivity index (χ0) is 14.7. The predicted octanol–water partition coefficient (Wildman–Crippen LogP) is 4.25. The van der Waals surface area contributed by atoms with Gasteiger partial charge in [-0.25, -0.2) is 0 Å². The Labute approximate surface area is 134 Å². The lowest BCUT2D eigenvalue weighted by atomic mass is 9.91. The van der Waals surface area contributed by atoms with E-state index in [9.17, 15) is 0 Å². The Morgan fingerprint density at radius 3 is 3.14 bits per heavy atom.